The summed E-state index contributed by atoms with van der Waals surface area (Å²) in [4.78, 5) is 18.2. The van der Waals surface area contributed by atoms with Gasteiger partial charge < -0.3 is 0 Å². The van der Waals surface area contributed by atoms with Crippen molar-refractivity contribution in [2.24, 2.45) is 0 Å². The first-order valence-corrected chi connectivity index (χ1v) is 5.45. The molecule has 0 radical (unpaired) electrons. The Bertz CT molecular complexity index is 629. The molecule has 1 heterocycles. The first-order valence-electron chi connectivity index (χ1n) is 5.07. The lowest BCUT2D eigenvalue weighted by Gasteiger charge is -2.13. The molecule has 7 heteroatoms. The molecule has 2 aromatic rings. The maximum atomic E-state index is 12.9. The van der Waals surface area contributed by atoms with E-state index in [9.17, 15) is 18.0 Å². The van der Waals surface area contributed by atoms with E-state index in [2.05, 4.69) is 9.97 Å². The molecule has 0 spiro atoms. The van der Waals surface area contributed by atoms with Gasteiger partial charge in [-0.05, 0) is 6.07 Å². The number of carbonyl (C=O) groups is 1. The number of aldehydes is 1. The van der Waals surface area contributed by atoms with E-state index in [-0.39, 0.29) is 22.0 Å². The van der Waals surface area contributed by atoms with Gasteiger partial charge in [-0.3, -0.25) is 4.79 Å². The second kappa shape index (κ2) is 4.97. The van der Waals surface area contributed by atoms with E-state index < -0.39 is 11.7 Å². The van der Waals surface area contributed by atoms with Gasteiger partial charge in [0.1, 0.15) is 11.5 Å². The van der Waals surface area contributed by atoms with Crippen LogP contribution in [-0.2, 0) is 6.18 Å². The van der Waals surface area contributed by atoms with E-state index in [1.165, 1.54) is 18.2 Å². The van der Waals surface area contributed by atoms with E-state index in [1.807, 2.05) is 0 Å². The average molecular weight is 287 g/mol. The second-order valence-corrected chi connectivity index (χ2v) is 3.95. The molecule has 0 saturated heterocycles. The largest absolute Gasteiger partial charge is 0.417 e. The number of aromatic nitrogens is 2. The molecule has 0 unspecified atom stereocenters. The Kier molecular flexibility index (Phi) is 3.53. The Morgan fingerprint density at radius 1 is 1.16 bits per heavy atom. The monoisotopic (exact) mass is 286 g/mol. The van der Waals surface area contributed by atoms with Gasteiger partial charge in [-0.15, -0.1) is 0 Å². The predicted molar refractivity (Wildman–Crippen MR) is 62.9 cm³/mol. The minimum absolute atomic E-state index is 0.136. The van der Waals surface area contributed by atoms with Gasteiger partial charge in [0.2, 0.25) is 0 Å². The maximum absolute atomic E-state index is 12.9. The first-order chi connectivity index (χ1) is 8.95. The molecule has 98 valence electrons. The van der Waals surface area contributed by atoms with Crippen molar-refractivity contribution in [3.05, 3.63) is 46.9 Å². The SMILES string of the molecule is O=Cc1c(Cl)ncnc1-c1ccccc1C(F)(F)F. The highest BCUT2D eigenvalue weighted by atomic mass is 35.5. The Morgan fingerprint density at radius 2 is 1.84 bits per heavy atom. The fraction of sp³-hybridized carbons (Fsp3) is 0.0833. The van der Waals surface area contributed by atoms with Crippen molar-refractivity contribution in [3.63, 3.8) is 0 Å². The van der Waals surface area contributed by atoms with Crippen LogP contribution in [0.5, 0.6) is 0 Å². The van der Waals surface area contributed by atoms with Gasteiger partial charge in [-0.1, -0.05) is 29.8 Å². The zero-order chi connectivity index (χ0) is 14.0. The lowest BCUT2D eigenvalue weighted by Crippen LogP contribution is -2.08. The summed E-state index contributed by atoms with van der Waals surface area (Å²) < 4.78 is 38.7. The predicted octanol–water partition coefficient (Wildman–Crippen LogP) is 3.63. The van der Waals surface area contributed by atoms with Crippen LogP contribution in [0.3, 0.4) is 0 Å². The van der Waals surface area contributed by atoms with Crippen molar-refractivity contribution in [2.75, 3.05) is 0 Å². The first kappa shape index (κ1) is 13.5. The molecule has 0 atom stereocenters. The Balaban J connectivity index is 2.73. The van der Waals surface area contributed by atoms with Gasteiger partial charge in [0.15, 0.2) is 6.29 Å². The minimum atomic E-state index is -4.55. The molecule has 1 aromatic heterocycles. The highest BCUT2D eigenvalue weighted by Crippen LogP contribution is 2.37. The van der Waals surface area contributed by atoms with Crippen LogP contribution in [-0.4, -0.2) is 16.3 Å². The summed E-state index contributed by atoms with van der Waals surface area (Å²) >= 11 is 5.68. The van der Waals surface area contributed by atoms with Crippen molar-refractivity contribution < 1.29 is 18.0 Å². The third kappa shape index (κ3) is 2.58. The smallest absolute Gasteiger partial charge is 0.298 e. The fourth-order valence-corrected chi connectivity index (χ4v) is 1.81. The molecule has 0 aliphatic heterocycles. The summed E-state index contributed by atoms with van der Waals surface area (Å²) in [6.07, 6.45) is -3.20. The molecular formula is C12H6ClF3N2O. The Morgan fingerprint density at radius 3 is 2.47 bits per heavy atom. The summed E-state index contributed by atoms with van der Waals surface area (Å²) in [5, 5.41) is -0.183. The second-order valence-electron chi connectivity index (χ2n) is 3.59. The zero-order valence-corrected chi connectivity index (χ0v) is 10.0. The fourth-order valence-electron chi connectivity index (χ4n) is 1.63. The van der Waals surface area contributed by atoms with Gasteiger partial charge in [-0.25, -0.2) is 9.97 Å². The number of rotatable bonds is 2. The Hall–Kier alpha value is -1.95. The van der Waals surface area contributed by atoms with Crippen LogP contribution in [0.1, 0.15) is 15.9 Å². The summed E-state index contributed by atoms with van der Waals surface area (Å²) in [5.41, 5.74) is -1.39. The van der Waals surface area contributed by atoms with Crippen LogP contribution in [0.15, 0.2) is 30.6 Å². The van der Waals surface area contributed by atoms with Crippen molar-refractivity contribution in [1.29, 1.82) is 0 Å². The number of alkyl halides is 3. The standard InChI is InChI=1S/C12H6ClF3N2O/c13-11-8(5-19)10(17-6-18-11)7-3-1-2-4-9(7)12(14,15)16/h1-6H. The summed E-state index contributed by atoms with van der Waals surface area (Å²) in [6.45, 7) is 0. The normalized spacial score (nSPS) is 11.4. The quantitative estimate of drug-likeness (QED) is 0.625. The number of benzene rings is 1. The molecular weight excluding hydrogens is 281 g/mol. The number of carbonyl (C=O) groups excluding carboxylic acids is 1. The van der Waals surface area contributed by atoms with Crippen LogP contribution in [0.2, 0.25) is 5.15 Å². The Labute approximate surface area is 111 Å². The maximum Gasteiger partial charge on any atom is 0.417 e. The molecule has 0 fully saturated rings. The number of hydrogen-bond donors (Lipinski definition) is 0. The van der Waals surface area contributed by atoms with Gasteiger partial charge in [-0.2, -0.15) is 13.2 Å². The molecule has 3 nitrogen and oxygen atoms in total. The summed E-state index contributed by atoms with van der Waals surface area (Å²) in [7, 11) is 0. The summed E-state index contributed by atoms with van der Waals surface area (Å²) in [5.74, 6) is 0. The van der Waals surface area contributed by atoms with Crippen LogP contribution >= 0.6 is 11.6 Å². The third-order valence-electron chi connectivity index (χ3n) is 2.44. The summed E-state index contributed by atoms with van der Waals surface area (Å²) in [6, 6.07) is 4.83. The molecule has 1 aromatic carbocycles. The average Bonchev–Trinajstić information content (AvgIpc) is 2.37. The number of hydrogen-bond acceptors (Lipinski definition) is 3. The van der Waals surface area contributed by atoms with Gasteiger partial charge in [0, 0.05) is 5.56 Å². The van der Waals surface area contributed by atoms with Crippen LogP contribution in [0, 0.1) is 0 Å². The van der Waals surface area contributed by atoms with E-state index >= 15 is 0 Å². The van der Waals surface area contributed by atoms with E-state index in [0.717, 1.165) is 12.4 Å². The van der Waals surface area contributed by atoms with Crippen molar-refractivity contribution in [3.8, 4) is 11.3 Å². The van der Waals surface area contributed by atoms with Crippen molar-refractivity contribution in [2.45, 2.75) is 6.18 Å². The molecule has 0 aliphatic carbocycles. The van der Waals surface area contributed by atoms with Crippen LogP contribution < -0.4 is 0 Å². The van der Waals surface area contributed by atoms with Crippen molar-refractivity contribution in [1.82, 2.24) is 9.97 Å². The zero-order valence-electron chi connectivity index (χ0n) is 9.28. The number of nitrogens with zero attached hydrogens (tertiary/aromatic N) is 2. The topological polar surface area (TPSA) is 42.9 Å². The molecule has 0 aliphatic rings. The van der Waals surface area contributed by atoms with E-state index in [1.54, 1.807) is 0 Å². The minimum Gasteiger partial charge on any atom is -0.298 e. The number of halogens is 4. The third-order valence-corrected chi connectivity index (χ3v) is 2.74. The molecule has 0 N–H and O–H groups in total. The lowest BCUT2D eigenvalue weighted by molar-refractivity contribution is -0.137. The molecule has 0 bridgehead atoms. The lowest BCUT2D eigenvalue weighted by atomic mass is 10.0. The van der Waals surface area contributed by atoms with Gasteiger partial charge in [0.05, 0.1) is 16.8 Å². The highest BCUT2D eigenvalue weighted by Gasteiger charge is 2.34. The molecule has 2 rings (SSSR count). The van der Waals surface area contributed by atoms with E-state index in [4.69, 9.17) is 11.6 Å². The van der Waals surface area contributed by atoms with Crippen molar-refractivity contribution >= 4 is 17.9 Å². The van der Waals surface area contributed by atoms with Gasteiger partial charge in [0.25, 0.3) is 0 Å². The molecule has 19 heavy (non-hydrogen) atoms. The van der Waals surface area contributed by atoms with Crippen LogP contribution in [0.25, 0.3) is 11.3 Å². The highest BCUT2D eigenvalue weighted by molar-refractivity contribution is 6.32. The van der Waals surface area contributed by atoms with Gasteiger partial charge >= 0.3 is 6.18 Å². The van der Waals surface area contributed by atoms with E-state index in [0.29, 0.717) is 6.29 Å². The van der Waals surface area contributed by atoms with Crippen LogP contribution in [0.4, 0.5) is 13.2 Å². The molecule has 0 amide bonds. The molecule has 0 saturated carbocycles.